The summed E-state index contributed by atoms with van der Waals surface area (Å²) >= 11 is 0. The number of carbonyl (C=O) groups excluding carboxylic acids is 1. The lowest BCUT2D eigenvalue weighted by molar-refractivity contribution is 0.133. The fourth-order valence-corrected chi connectivity index (χ4v) is 2.69. The van der Waals surface area contributed by atoms with Gasteiger partial charge in [0.05, 0.1) is 19.2 Å². The van der Waals surface area contributed by atoms with Gasteiger partial charge in [-0.25, -0.2) is 4.79 Å². The Morgan fingerprint density at radius 3 is 3.00 bits per heavy atom. The quantitative estimate of drug-likeness (QED) is 0.874. The molecule has 0 spiro atoms. The average Bonchev–Trinajstić information content (AvgIpc) is 2.92. The zero-order valence-electron chi connectivity index (χ0n) is 13.2. The summed E-state index contributed by atoms with van der Waals surface area (Å²) in [6, 6.07) is 7.59. The van der Waals surface area contributed by atoms with E-state index in [1.165, 1.54) is 0 Å². The zero-order chi connectivity index (χ0) is 15.5. The monoisotopic (exact) mass is 318 g/mol. The fraction of sp³-hybridized carbons (Fsp3) is 0.375. The lowest BCUT2D eigenvalue weighted by atomic mass is 10.0. The number of fused-ring (bicyclic) bond motifs is 1. The van der Waals surface area contributed by atoms with Crippen molar-refractivity contribution in [3.8, 4) is 5.75 Å². The molecule has 5 N–H and O–H groups in total. The number of ether oxygens (including phenoxy) is 2. The van der Waals surface area contributed by atoms with E-state index in [9.17, 15) is 4.79 Å². The third-order valence-electron chi connectivity index (χ3n) is 3.85. The number of amides is 1. The van der Waals surface area contributed by atoms with Crippen molar-refractivity contribution in [3.63, 3.8) is 0 Å². The molecule has 0 aliphatic carbocycles. The van der Waals surface area contributed by atoms with Crippen LogP contribution in [0.25, 0.3) is 10.9 Å². The van der Waals surface area contributed by atoms with Gasteiger partial charge in [-0.05, 0) is 37.2 Å². The standard InChI is InChI=1S/C16H19N3O3.H3N/c1-21-11-3-4-14-13(9-11)12(5-7-18-14)15-10-19(8-2-6-17)16(20)22-15;/h3-5,7,9,15H,2,6,8,10,17H2,1H3;1H3/t15-;/m0./s1. The Balaban J connectivity index is 0.00000192. The first kappa shape index (κ1) is 17.0. The number of nitrogens with two attached hydrogens (primary N) is 1. The van der Waals surface area contributed by atoms with Gasteiger partial charge in [0.25, 0.3) is 0 Å². The van der Waals surface area contributed by atoms with Gasteiger partial charge in [-0.2, -0.15) is 0 Å². The highest BCUT2D eigenvalue weighted by atomic mass is 16.6. The highest BCUT2D eigenvalue weighted by Gasteiger charge is 2.32. The topological polar surface area (TPSA) is 113 Å². The Bertz CT molecular complexity index is 692. The molecule has 1 atom stereocenters. The van der Waals surface area contributed by atoms with Crippen LogP contribution < -0.4 is 16.6 Å². The van der Waals surface area contributed by atoms with Crippen LogP contribution in [0, 0.1) is 0 Å². The van der Waals surface area contributed by atoms with E-state index in [-0.39, 0.29) is 18.3 Å². The number of cyclic esters (lactones) is 1. The molecule has 124 valence electrons. The molecular weight excluding hydrogens is 296 g/mol. The largest absolute Gasteiger partial charge is 0.497 e. The predicted octanol–water partition coefficient (Wildman–Crippen LogP) is 2.25. The van der Waals surface area contributed by atoms with Crippen LogP contribution in [0.4, 0.5) is 4.79 Å². The zero-order valence-corrected chi connectivity index (χ0v) is 13.2. The van der Waals surface area contributed by atoms with Crippen molar-refractivity contribution in [3.05, 3.63) is 36.0 Å². The van der Waals surface area contributed by atoms with Gasteiger partial charge >= 0.3 is 6.09 Å². The number of aromatic nitrogens is 1. The molecule has 0 saturated carbocycles. The van der Waals surface area contributed by atoms with Gasteiger partial charge in [0.1, 0.15) is 11.9 Å². The fourth-order valence-electron chi connectivity index (χ4n) is 2.69. The molecule has 1 amide bonds. The van der Waals surface area contributed by atoms with Gasteiger partial charge < -0.3 is 26.3 Å². The summed E-state index contributed by atoms with van der Waals surface area (Å²) in [5, 5.41) is 0.945. The molecular formula is C16H22N4O3. The summed E-state index contributed by atoms with van der Waals surface area (Å²) in [6.07, 6.45) is 1.93. The maximum Gasteiger partial charge on any atom is 0.410 e. The smallest absolute Gasteiger partial charge is 0.410 e. The number of hydrogen-bond acceptors (Lipinski definition) is 6. The number of methoxy groups -OCH3 is 1. The van der Waals surface area contributed by atoms with E-state index in [0.29, 0.717) is 19.6 Å². The second-order valence-electron chi connectivity index (χ2n) is 5.24. The number of nitrogens with zero attached hydrogens (tertiary/aromatic N) is 2. The highest BCUT2D eigenvalue weighted by molar-refractivity contribution is 5.84. The lowest BCUT2D eigenvalue weighted by Gasteiger charge is -2.13. The molecule has 0 bridgehead atoms. The summed E-state index contributed by atoms with van der Waals surface area (Å²) in [5.41, 5.74) is 7.31. The van der Waals surface area contributed by atoms with E-state index in [0.717, 1.165) is 28.6 Å². The minimum absolute atomic E-state index is 0. The Hall–Kier alpha value is -2.38. The maximum atomic E-state index is 11.9. The molecule has 1 saturated heterocycles. The van der Waals surface area contributed by atoms with E-state index < -0.39 is 0 Å². The van der Waals surface area contributed by atoms with Gasteiger partial charge in [0, 0.05) is 23.7 Å². The van der Waals surface area contributed by atoms with Gasteiger partial charge in [0.2, 0.25) is 0 Å². The van der Waals surface area contributed by atoms with Gasteiger partial charge in [0.15, 0.2) is 0 Å². The second kappa shape index (κ2) is 7.26. The number of hydrogen-bond donors (Lipinski definition) is 2. The molecule has 0 unspecified atom stereocenters. The Morgan fingerprint density at radius 2 is 2.26 bits per heavy atom. The Labute approximate surface area is 135 Å². The molecule has 7 nitrogen and oxygen atoms in total. The van der Waals surface area contributed by atoms with E-state index in [1.54, 1.807) is 18.2 Å². The van der Waals surface area contributed by atoms with E-state index in [1.807, 2.05) is 24.3 Å². The number of benzene rings is 1. The third-order valence-corrected chi connectivity index (χ3v) is 3.85. The van der Waals surface area contributed by atoms with Crippen molar-refractivity contribution in [2.45, 2.75) is 12.5 Å². The molecule has 1 fully saturated rings. The van der Waals surface area contributed by atoms with Crippen LogP contribution in [-0.2, 0) is 4.74 Å². The van der Waals surface area contributed by atoms with Crippen molar-refractivity contribution in [1.29, 1.82) is 0 Å². The first-order chi connectivity index (χ1) is 10.7. The first-order valence-electron chi connectivity index (χ1n) is 7.31. The molecule has 3 rings (SSSR count). The molecule has 1 aromatic carbocycles. The highest BCUT2D eigenvalue weighted by Crippen LogP contribution is 2.32. The number of pyridine rings is 1. The van der Waals surface area contributed by atoms with Crippen LogP contribution in [0.5, 0.6) is 5.75 Å². The maximum absolute atomic E-state index is 11.9. The van der Waals surface area contributed by atoms with Crippen LogP contribution in [-0.4, -0.2) is 42.7 Å². The molecule has 0 radical (unpaired) electrons. The van der Waals surface area contributed by atoms with Crippen molar-refractivity contribution < 1.29 is 14.3 Å². The van der Waals surface area contributed by atoms with Crippen molar-refractivity contribution >= 4 is 17.0 Å². The molecule has 2 heterocycles. The van der Waals surface area contributed by atoms with Crippen molar-refractivity contribution in [2.24, 2.45) is 5.73 Å². The molecule has 7 heteroatoms. The third kappa shape index (κ3) is 3.35. The summed E-state index contributed by atoms with van der Waals surface area (Å²) in [5.74, 6) is 0.756. The Kier molecular flexibility index (Phi) is 5.36. The van der Waals surface area contributed by atoms with Crippen molar-refractivity contribution in [2.75, 3.05) is 26.7 Å². The van der Waals surface area contributed by atoms with E-state index >= 15 is 0 Å². The van der Waals surface area contributed by atoms with Crippen LogP contribution in [0.1, 0.15) is 18.1 Å². The van der Waals surface area contributed by atoms with Crippen LogP contribution in [0.2, 0.25) is 0 Å². The first-order valence-corrected chi connectivity index (χ1v) is 7.31. The summed E-state index contributed by atoms with van der Waals surface area (Å²) in [7, 11) is 1.63. The lowest BCUT2D eigenvalue weighted by Crippen LogP contribution is -2.27. The molecule has 1 aliphatic rings. The van der Waals surface area contributed by atoms with Gasteiger partial charge in [-0.15, -0.1) is 0 Å². The summed E-state index contributed by atoms with van der Waals surface area (Å²) < 4.78 is 10.8. The normalized spacial score (nSPS) is 17.0. The number of rotatable bonds is 5. The van der Waals surface area contributed by atoms with Crippen molar-refractivity contribution in [1.82, 2.24) is 16.0 Å². The number of carbonyl (C=O) groups is 1. The minimum Gasteiger partial charge on any atom is -0.497 e. The second-order valence-corrected chi connectivity index (χ2v) is 5.24. The minimum atomic E-state index is -0.289. The SMILES string of the molecule is COc1ccc2nccc([C@@H]3CN(CCCN)C(=O)O3)c2c1.N. The average molecular weight is 318 g/mol. The van der Waals surface area contributed by atoms with Gasteiger partial charge in [-0.1, -0.05) is 0 Å². The molecule has 2 aromatic rings. The van der Waals surface area contributed by atoms with E-state index in [2.05, 4.69) is 4.98 Å². The van der Waals surface area contributed by atoms with Gasteiger partial charge in [-0.3, -0.25) is 4.98 Å². The molecule has 1 aliphatic heterocycles. The van der Waals surface area contributed by atoms with E-state index in [4.69, 9.17) is 15.2 Å². The summed E-state index contributed by atoms with van der Waals surface area (Å²) in [4.78, 5) is 18.0. The molecule has 23 heavy (non-hydrogen) atoms. The molecule has 1 aromatic heterocycles. The van der Waals surface area contributed by atoms with Crippen LogP contribution in [0.15, 0.2) is 30.5 Å². The predicted molar refractivity (Wildman–Crippen MR) is 87.8 cm³/mol. The Morgan fingerprint density at radius 1 is 1.43 bits per heavy atom. The summed E-state index contributed by atoms with van der Waals surface area (Å²) in [6.45, 7) is 1.72. The van der Waals surface area contributed by atoms with Crippen LogP contribution >= 0.6 is 0 Å². The van der Waals surface area contributed by atoms with Crippen LogP contribution in [0.3, 0.4) is 0 Å².